The number of rotatable bonds is 5. The third kappa shape index (κ3) is 4.54. The van der Waals surface area contributed by atoms with Gasteiger partial charge in [-0.25, -0.2) is 0 Å². The first-order chi connectivity index (χ1) is 7.49. The van der Waals surface area contributed by atoms with Gasteiger partial charge in [0.2, 0.25) is 0 Å². The minimum Gasteiger partial charge on any atom is -0.312 e. The number of benzene rings is 1. The van der Waals surface area contributed by atoms with E-state index in [1.165, 1.54) is 5.56 Å². The van der Waals surface area contributed by atoms with E-state index in [0.717, 1.165) is 11.4 Å². The first-order valence-electron chi connectivity index (χ1n) is 5.99. The van der Waals surface area contributed by atoms with Crippen molar-refractivity contribution in [3.05, 3.63) is 34.9 Å². The normalized spacial score (nSPS) is 15.1. The van der Waals surface area contributed by atoms with Crippen LogP contribution in [0.5, 0.6) is 0 Å². The first kappa shape index (κ1) is 13.5. The molecule has 0 saturated carbocycles. The summed E-state index contributed by atoms with van der Waals surface area (Å²) < 4.78 is 0. The Kier molecular flexibility index (Phi) is 5.30. The molecule has 16 heavy (non-hydrogen) atoms. The van der Waals surface area contributed by atoms with E-state index in [-0.39, 0.29) is 0 Å². The fraction of sp³-hybridized carbons (Fsp3) is 0.571. The second-order valence-corrected chi connectivity index (χ2v) is 5.35. The molecule has 2 unspecified atom stereocenters. The molecule has 0 aromatic heterocycles. The van der Waals surface area contributed by atoms with Crippen LogP contribution in [0.4, 0.5) is 0 Å². The van der Waals surface area contributed by atoms with Crippen molar-refractivity contribution >= 4 is 11.6 Å². The van der Waals surface area contributed by atoms with E-state index >= 15 is 0 Å². The van der Waals surface area contributed by atoms with Crippen LogP contribution < -0.4 is 5.32 Å². The molecule has 0 bridgehead atoms. The lowest BCUT2D eigenvalue weighted by Gasteiger charge is -2.23. The number of halogens is 1. The second-order valence-electron chi connectivity index (χ2n) is 4.92. The van der Waals surface area contributed by atoms with Gasteiger partial charge in [0.15, 0.2) is 0 Å². The third-order valence-corrected chi connectivity index (χ3v) is 3.17. The van der Waals surface area contributed by atoms with Crippen LogP contribution in [0.2, 0.25) is 5.02 Å². The molecule has 2 heteroatoms. The summed E-state index contributed by atoms with van der Waals surface area (Å²) in [6, 6.07) is 9.23. The Balaban J connectivity index is 2.50. The van der Waals surface area contributed by atoms with Gasteiger partial charge in [0.05, 0.1) is 0 Å². The monoisotopic (exact) mass is 239 g/mol. The molecule has 0 heterocycles. The van der Waals surface area contributed by atoms with E-state index in [4.69, 9.17) is 11.6 Å². The van der Waals surface area contributed by atoms with E-state index in [0.29, 0.717) is 18.0 Å². The summed E-state index contributed by atoms with van der Waals surface area (Å²) in [5.41, 5.74) is 1.36. The molecule has 0 fully saturated rings. The molecule has 0 saturated heterocycles. The lowest BCUT2D eigenvalue weighted by Crippen LogP contribution is -2.37. The quantitative estimate of drug-likeness (QED) is 0.822. The Bertz CT molecular complexity index is 305. The van der Waals surface area contributed by atoms with Crippen LogP contribution in [0.1, 0.15) is 33.3 Å². The minimum absolute atomic E-state index is 0.538. The second kappa shape index (κ2) is 6.27. The highest BCUT2D eigenvalue weighted by Crippen LogP contribution is 2.15. The van der Waals surface area contributed by atoms with Gasteiger partial charge in [-0.3, -0.25) is 0 Å². The minimum atomic E-state index is 0.538. The molecule has 1 aromatic rings. The molecular weight excluding hydrogens is 218 g/mol. The molecule has 0 aliphatic carbocycles. The van der Waals surface area contributed by atoms with Gasteiger partial charge in [0, 0.05) is 17.1 Å². The van der Waals surface area contributed by atoms with Gasteiger partial charge in [0.25, 0.3) is 0 Å². The van der Waals surface area contributed by atoms with Crippen molar-refractivity contribution in [1.82, 2.24) is 5.32 Å². The molecular formula is C14H22ClN. The molecule has 1 aromatic carbocycles. The van der Waals surface area contributed by atoms with E-state index in [9.17, 15) is 0 Å². The highest BCUT2D eigenvalue weighted by molar-refractivity contribution is 6.30. The lowest BCUT2D eigenvalue weighted by molar-refractivity contribution is 0.372. The van der Waals surface area contributed by atoms with Crippen molar-refractivity contribution in [2.75, 3.05) is 0 Å². The highest BCUT2D eigenvalue weighted by atomic mass is 35.5. The predicted molar refractivity (Wildman–Crippen MR) is 72.1 cm³/mol. The van der Waals surface area contributed by atoms with Gasteiger partial charge in [-0.2, -0.15) is 0 Å². The van der Waals surface area contributed by atoms with Crippen molar-refractivity contribution in [1.29, 1.82) is 0 Å². The van der Waals surface area contributed by atoms with Crippen LogP contribution in [0.25, 0.3) is 0 Å². The summed E-state index contributed by atoms with van der Waals surface area (Å²) in [5, 5.41) is 4.36. The molecule has 1 nitrogen and oxygen atoms in total. The molecule has 2 atom stereocenters. The Morgan fingerprint density at radius 1 is 1.06 bits per heavy atom. The van der Waals surface area contributed by atoms with Crippen molar-refractivity contribution in [2.45, 2.75) is 46.2 Å². The van der Waals surface area contributed by atoms with Gasteiger partial charge in [-0.05, 0) is 37.0 Å². The Morgan fingerprint density at radius 3 is 2.12 bits per heavy atom. The van der Waals surface area contributed by atoms with Crippen molar-refractivity contribution in [3.63, 3.8) is 0 Å². The van der Waals surface area contributed by atoms with Crippen LogP contribution in [-0.2, 0) is 6.42 Å². The van der Waals surface area contributed by atoms with Crippen LogP contribution in [0.15, 0.2) is 24.3 Å². The summed E-state index contributed by atoms with van der Waals surface area (Å²) in [4.78, 5) is 0. The molecule has 1 N–H and O–H groups in total. The van der Waals surface area contributed by atoms with Crippen molar-refractivity contribution in [3.8, 4) is 0 Å². The fourth-order valence-electron chi connectivity index (χ4n) is 1.86. The zero-order valence-electron chi connectivity index (χ0n) is 10.6. The standard InChI is InChI=1S/C14H22ClN/c1-10(2)16-12(4)11(3)9-13-5-7-14(15)8-6-13/h5-8,10-12,16H,9H2,1-4H3. The Labute approximate surface area is 104 Å². The Morgan fingerprint density at radius 2 is 1.62 bits per heavy atom. The molecule has 0 aliphatic heterocycles. The first-order valence-corrected chi connectivity index (χ1v) is 6.37. The van der Waals surface area contributed by atoms with E-state index < -0.39 is 0 Å². The van der Waals surface area contributed by atoms with E-state index in [1.807, 2.05) is 12.1 Å². The predicted octanol–water partition coefficient (Wildman–Crippen LogP) is 3.91. The SMILES string of the molecule is CC(C)NC(C)C(C)Cc1ccc(Cl)cc1. The maximum absolute atomic E-state index is 5.87. The average Bonchev–Trinajstić information content (AvgIpc) is 2.20. The zero-order chi connectivity index (χ0) is 12.1. The number of nitrogens with one attached hydrogen (secondary N) is 1. The molecule has 0 radical (unpaired) electrons. The van der Waals surface area contributed by atoms with Crippen LogP contribution >= 0.6 is 11.6 Å². The fourth-order valence-corrected chi connectivity index (χ4v) is 1.99. The summed E-state index contributed by atoms with van der Waals surface area (Å²) in [6.45, 7) is 8.91. The van der Waals surface area contributed by atoms with Crippen molar-refractivity contribution < 1.29 is 0 Å². The molecule has 0 amide bonds. The number of hydrogen-bond acceptors (Lipinski definition) is 1. The third-order valence-electron chi connectivity index (χ3n) is 2.92. The average molecular weight is 240 g/mol. The highest BCUT2D eigenvalue weighted by Gasteiger charge is 2.13. The summed E-state index contributed by atoms with van der Waals surface area (Å²) in [7, 11) is 0. The molecule has 0 aliphatic rings. The smallest absolute Gasteiger partial charge is 0.0406 e. The summed E-state index contributed by atoms with van der Waals surface area (Å²) in [6.07, 6.45) is 1.10. The van der Waals surface area contributed by atoms with Gasteiger partial charge in [-0.1, -0.05) is 44.5 Å². The van der Waals surface area contributed by atoms with Gasteiger partial charge in [-0.15, -0.1) is 0 Å². The maximum atomic E-state index is 5.87. The van der Waals surface area contributed by atoms with Crippen molar-refractivity contribution in [2.24, 2.45) is 5.92 Å². The topological polar surface area (TPSA) is 12.0 Å². The largest absolute Gasteiger partial charge is 0.312 e. The van der Waals surface area contributed by atoms with Gasteiger partial charge >= 0.3 is 0 Å². The van der Waals surface area contributed by atoms with Crippen LogP contribution in [0, 0.1) is 5.92 Å². The summed E-state index contributed by atoms with van der Waals surface area (Å²) in [5.74, 6) is 0.628. The number of hydrogen-bond donors (Lipinski definition) is 1. The Hall–Kier alpha value is -0.530. The lowest BCUT2D eigenvalue weighted by atomic mass is 9.94. The van der Waals surface area contributed by atoms with E-state index in [1.54, 1.807) is 0 Å². The van der Waals surface area contributed by atoms with Gasteiger partial charge in [0.1, 0.15) is 0 Å². The van der Waals surface area contributed by atoms with Crippen LogP contribution in [-0.4, -0.2) is 12.1 Å². The molecule has 1 rings (SSSR count). The van der Waals surface area contributed by atoms with Gasteiger partial charge < -0.3 is 5.32 Å². The zero-order valence-corrected chi connectivity index (χ0v) is 11.4. The van der Waals surface area contributed by atoms with Crippen LogP contribution in [0.3, 0.4) is 0 Å². The molecule has 90 valence electrons. The van der Waals surface area contributed by atoms with E-state index in [2.05, 4.69) is 45.1 Å². The maximum Gasteiger partial charge on any atom is 0.0406 e. The summed E-state index contributed by atoms with van der Waals surface area (Å²) >= 11 is 5.87. The molecule has 0 spiro atoms.